The van der Waals surface area contributed by atoms with Crippen molar-refractivity contribution in [3.05, 3.63) is 11.1 Å². The highest BCUT2D eigenvalue weighted by Gasteiger charge is 2.35. The summed E-state index contributed by atoms with van der Waals surface area (Å²) in [4.78, 5) is 0. The van der Waals surface area contributed by atoms with E-state index in [1.165, 1.54) is 0 Å². The standard InChI is InChI=1S/C9H16BrNO/c1-7(10)6-11-8-4-3-5-9(8,2)12/h8,11-12H,1,3-6H2,2H3. The minimum absolute atomic E-state index is 0.229. The molecule has 1 rings (SSSR count). The number of hydrogen-bond donors (Lipinski definition) is 2. The van der Waals surface area contributed by atoms with Crippen LogP contribution in [0.1, 0.15) is 26.2 Å². The molecule has 0 bridgehead atoms. The van der Waals surface area contributed by atoms with E-state index in [1.807, 2.05) is 6.92 Å². The Morgan fingerprint density at radius 1 is 1.83 bits per heavy atom. The summed E-state index contributed by atoms with van der Waals surface area (Å²) in [6, 6.07) is 0.229. The molecule has 0 aromatic heterocycles. The molecule has 0 aromatic carbocycles. The van der Waals surface area contributed by atoms with Gasteiger partial charge in [-0.25, -0.2) is 0 Å². The first-order valence-electron chi connectivity index (χ1n) is 4.31. The van der Waals surface area contributed by atoms with Crippen molar-refractivity contribution in [1.29, 1.82) is 0 Å². The quantitative estimate of drug-likeness (QED) is 0.780. The van der Waals surface area contributed by atoms with Gasteiger partial charge in [-0.05, 0) is 26.2 Å². The lowest BCUT2D eigenvalue weighted by molar-refractivity contribution is 0.0405. The first-order chi connectivity index (χ1) is 5.52. The van der Waals surface area contributed by atoms with E-state index in [1.54, 1.807) is 0 Å². The van der Waals surface area contributed by atoms with Crippen LogP contribution in [-0.2, 0) is 0 Å². The van der Waals surface area contributed by atoms with E-state index in [9.17, 15) is 5.11 Å². The van der Waals surface area contributed by atoms with Crippen LogP contribution < -0.4 is 5.32 Å². The van der Waals surface area contributed by atoms with E-state index in [2.05, 4.69) is 27.8 Å². The van der Waals surface area contributed by atoms with Gasteiger partial charge in [0.25, 0.3) is 0 Å². The van der Waals surface area contributed by atoms with E-state index in [0.29, 0.717) is 0 Å². The fourth-order valence-corrected chi connectivity index (χ4v) is 1.87. The SMILES string of the molecule is C=C(Br)CNC1CCCC1(C)O. The van der Waals surface area contributed by atoms with E-state index in [0.717, 1.165) is 30.3 Å². The number of hydrogen-bond acceptors (Lipinski definition) is 2. The summed E-state index contributed by atoms with van der Waals surface area (Å²) in [5.41, 5.74) is -0.525. The van der Waals surface area contributed by atoms with Gasteiger partial charge in [0, 0.05) is 17.1 Å². The maximum Gasteiger partial charge on any atom is 0.0772 e. The minimum atomic E-state index is -0.525. The Bertz CT molecular complexity index is 179. The molecular formula is C9H16BrNO. The van der Waals surface area contributed by atoms with Crippen molar-refractivity contribution in [3.63, 3.8) is 0 Å². The Labute approximate surface area is 82.2 Å². The molecule has 2 atom stereocenters. The predicted molar refractivity (Wildman–Crippen MR) is 54.3 cm³/mol. The molecule has 2 unspecified atom stereocenters. The Morgan fingerprint density at radius 3 is 2.92 bits per heavy atom. The summed E-state index contributed by atoms with van der Waals surface area (Å²) >= 11 is 3.28. The third-order valence-corrected chi connectivity index (χ3v) is 2.75. The predicted octanol–water partition coefficient (Wildman–Crippen LogP) is 1.79. The highest BCUT2D eigenvalue weighted by Crippen LogP contribution is 2.29. The second kappa shape index (κ2) is 3.90. The van der Waals surface area contributed by atoms with Crippen molar-refractivity contribution in [2.45, 2.75) is 37.8 Å². The van der Waals surface area contributed by atoms with Crippen molar-refractivity contribution in [2.24, 2.45) is 0 Å². The summed E-state index contributed by atoms with van der Waals surface area (Å²) in [7, 11) is 0. The van der Waals surface area contributed by atoms with Gasteiger partial charge in [-0.1, -0.05) is 22.5 Å². The molecule has 1 saturated carbocycles. The monoisotopic (exact) mass is 233 g/mol. The molecule has 2 N–H and O–H groups in total. The molecule has 0 heterocycles. The van der Waals surface area contributed by atoms with Crippen LogP contribution in [0.15, 0.2) is 11.1 Å². The average Bonchev–Trinajstić information content (AvgIpc) is 2.25. The van der Waals surface area contributed by atoms with Gasteiger partial charge in [-0.2, -0.15) is 0 Å². The third kappa shape index (κ3) is 2.57. The minimum Gasteiger partial charge on any atom is -0.389 e. The largest absolute Gasteiger partial charge is 0.389 e. The van der Waals surface area contributed by atoms with Gasteiger partial charge in [-0.15, -0.1) is 0 Å². The molecule has 1 aliphatic carbocycles. The van der Waals surface area contributed by atoms with Crippen LogP contribution >= 0.6 is 15.9 Å². The molecule has 0 aromatic rings. The highest BCUT2D eigenvalue weighted by atomic mass is 79.9. The fraction of sp³-hybridized carbons (Fsp3) is 0.778. The van der Waals surface area contributed by atoms with Crippen LogP contribution in [0.5, 0.6) is 0 Å². The Kier molecular flexibility index (Phi) is 3.32. The zero-order valence-corrected chi connectivity index (χ0v) is 9.02. The lowest BCUT2D eigenvalue weighted by Crippen LogP contribution is -2.44. The number of rotatable bonds is 3. The van der Waals surface area contributed by atoms with Crippen LogP contribution in [0.25, 0.3) is 0 Å². The van der Waals surface area contributed by atoms with Crippen LogP contribution in [0.4, 0.5) is 0 Å². The maximum absolute atomic E-state index is 9.86. The Morgan fingerprint density at radius 2 is 2.50 bits per heavy atom. The smallest absolute Gasteiger partial charge is 0.0772 e. The lowest BCUT2D eigenvalue weighted by Gasteiger charge is -2.26. The van der Waals surface area contributed by atoms with E-state index < -0.39 is 5.60 Å². The molecule has 3 heteroatoms. The summed E-state index contributed by atoms with van der Waals surface area (Å²) in [5.74, 6) is 0. The molecule has 0 aliphatic heterocycles. The fourth-order valence-electron chi connectivity index (χ4n) is 1.71. The van der Waals surface area contributed by atoms with Crippen LogP contribution in [0, 0.1) is 0 Å². The Balaban J connectivity index is 2.36. The van der Waals surface area contributed by atoms with Crippen LogP contribution in [0.2, 0.25) is 0 Å². The van der Waals surface area contributed by atoms with Crippen molar-refractivity contribution < 1.29 is 5.11 Å². The number of aliphatic hydroxyl groups is 1. The van der Waals surface area contributed by atoms with E-state index >= 15 is 0 Å². The van der Waals surface area contributed by atoms with Gasteiger partial charge in [0.05, 0.1) is 5.60 Å². The van der Waals surface area contributed by atoms with Crippen molar-refractivity contribution >= 4 is 15.9 Å². The molecule has 0 saturated heterocycles. The molecule has 2 nitrogen and oxygen atoms in total. The third-order valence-electron chi connectivity index (χ3n) is 2.47. The van der Waals surface area contributed by atoms with E-state index in [-0.39, 0.29) is 6.04 Å². The number of halogens is 1. The van der Waals surface area contributed by atoms with Gasteiger partial charge < -0.3 is 10.4 Å². The first-order valence-corrected chi connectivity index (χ1v) is 5.11. The van der Waals surface area contributed by atoms with Crippen LogP contribution in [0.3, 0.4) is 0 Å². The van der Waals surface area contributed by atoms with Gasteiger partial charge in [0.15, 0.2) is 0 Å². The summed E-state index contributed by atoms with van der Waals surface area (Å²) in [5, 5.41) is 13.1. The van der Waals surface area contributed by atoms with Crippen LogP contribution in [-0.4, -0.2) is 23.3 Å². The topological polar surface area (TPSA) is 32.3 Å². The molecule has 1 fully saturated rings. The van der Waals surface area contributed by atoms with Crippen molar-refractivity contribution in [2.75, 3.05) is 6.54 Å². The first kappa shape index (κ1) is 10.2. The summed E-state index contributed by atoms with van der Waals surface area (Å²) in [6.07, 6.45) is 3.08. The van der Waals surface area contributed by atoms with Crippen molar-refractivity contribution in [3.8, 4) is 0 Å². The van der Waals surface area contributed by atoms with Gasteiger partial charge >= 0.3 is 0 Å². The van der Waals surface area contributed by atoms with Gasteiger partial charge in [0.1, 0.15) is 0 Å². The lowest BCUT2D eigenvalue weighted by atomic mass is 10.0. The Hall–Kier alpha value is 0.140. The molecule has 0 radical (unpaired) electrons. The molecule has 0 spiro atoms. The normalized spacial score (nSPS) is 35.4. The van der Waals surface area contributed by atoms with Gasteiger partial charge in [-0.3, -0.25) is 0 Å². The summed E-state index contributed by atoms with van der Waals surface area (Å²) in [6.45, 7) is 6.37. The molecule has 70 valence electrons. The zero-order valence-electron chi connectivity index (χ0n) is 7.44. The van der Waals surface area contributed by atoms with E-state index in [4.69, 9.17) is 0 Å². The highest BCUT2D eigenvalue weighted by molar-refractivity contribution is 9.11. The second-order valence-electron chi connectivity index (χ2n) is 3.70. The van der Waals surface area contributed by atoms with Crippen molar-refractivity contribution in [1.82, 2.24) is 5.32 Å². The summed E-state index contributed by atoms with van der Waals surface area (Å²) < 4.78 is 0.935. The molecule has 0 amide bonds. The second-order valence-corrected chi connectivity index (χ2v) is 4.82. The molecule has 12 heavy (non-hydrogen) atoms. The molecule has 1 aliphatic rings. The maximum atomic E-state index is 9.86. The number of nitrogens with one attached hydrogen (secondary N) is 1. The molecular weight excluding hydrogens is 218 g/mol. The zero-order chi connectivity index (χ0) is 9.19. The average molecular weight is 234 g/mol. The van der Waals surface area contributed by atoms with Gasteiger partial charge in [0.2, 0.25) is 0 Å².